The fourth-order valence-corrected chi connectivity index (χ4v) is 2.27. The van der Waals surface area contributed by atoms with Crippen molar-refractivity contribution in [2.24, 2.45) is 0 Å². The topological polar surface area (TPSA) is 85.2 Å². The SMILES string of the molecule is CCC(=O)N[C@H]1Cc2c(C(=O)NCCOC)cnn2C1. The Labute approximate surface area is 117 Å². The molecule has 20 heavy (non-hydrogen) atoms. The Morgan fingerprint density at radius 1 is 1.55 bits per heavy atom. The van der Waals surface area contributed by atoms with Gasteiger partial charge in [0.2, 0.25) is 5.91 Å². The summed E-state index contributed by atoms with van der Waals surface area (Å²) in [6.07, 6.45) is 2.68. The molecule has 0 aromatic carbocycles. The van der Waals surface area contributed by atoms with Gasteiger partial charge in [-0.25, -0.2) is 0 Å². The van der Waals surface area contributed by atoms with Crippen molar-refractivity contribution in [3.63, 3.8) is 0 Å². The molecule has 0 saturated carbocycles. The number of rotatable bonds is 6. The predicted molar refractivity (Wildman–Crippen MR) is 72.4 cm³/mol. The minimum atomic E-state index is -0.147. The summed E-state index contributed by atoms with van der Waals surface area (Å²) < 4.78 is 6.68. The van der Waals surface area contributed by atoms with E-state index in [1.807, 2.05) is 6.92 Å². The van der Waals surface area contributed by atoms with E-state index in [0.29, 0.717) is 38.1 Å². The van der Waals surface area contributed by atoms with Gasteiger partial charge in [-0.1, -0.05) is 6.92 Å². The lowest BCUT2D eigenvalue weighted by molar-refractivity contribution is -0.121. The van der Waals surface area contributed by atoms with Crippen LogP contribution in [0, 0.1) is 0 Å². The first kappa shape index (κ1) is 14.5. The van der Waals surface area contributed by atoms with E-state index in [1.165, 1.54) is 0 Å². The lowest BCUT2D eigenvalue weighted by Gasteiger charge is -2.10. The molecule has 2 heterocycles. The summed E-state index contributed by atoms with van der Waals surface area (Å²) in [7, 11) is 1.59. The van der Waals surface area contributed by atoms with Gasteiger partial charge in [0.05, 0.1) is 36.6 Å². The van der Waals surface area contributed by atoms with Crippen molar-refractivity contribution < 1.29 is 14.3 Å². The molecule has 0 aliphatic carbocycles. The number of amides is 2. The monoisotopic (exact) mass is 280 g/mol. The van der Waals surface area contributed by atoms with Crippen molar-refractivity contribution >= 4 is 11.8 Å². The van der Waals surface area contributed by atoms with Gasteiger partial charge in [0, 0.05) is 26.5 Å². The zero-order valence-electron chi connectivity index (χ0n) is 11.8. The number of hydrogen-bond acceptors (Lipinski definition) is 4. The number of hydrogen-bond donors (Lipinski definition) is 2. The Morgan fingerprint density at radius 2 is 2.35 bits per heavy atom. The molecule has 1 aromatic heterocycles. The van der Waals surface area contributed by atoms with Crippen molar-refractivity contribution in [3.05, 3.63) is 17.5 Å². The maximum absolute atomic E-state index is 12.0. The third kappa shape index (κ3) is 3.16. The normalized spacial score (nSPS) is 16.8. The molecule has 2 amide bonds. The number of fused-ring (bicyclic) bond motifs is 1. The minimum Gasteiger partial charge on any atom is -0.383 e. The molecule has 0 bridgehead atoms. The van der Waals surface area contributed by atoms with Gasteiger partial charge in [0.1, 0.15) is 0 Å². The van der Waals surface area contributed by atoms with Crippen LogP contribution in [0.25, 0.3) is 0 Å². The molecule has 1 aliphatic rings. The molecule has 7 nitrogen and oxygen atoms in total. The van der Waals surface area contributed by atoms with E-state index >= 15 is 0 Å². The zero-order chi connectivity index (χ0) is 14.5. The molecule has 1 aliphatic heterocycles. The molecule has 2 N–H and O–H groups in total. The van der Waals surface area contributed by atoms with Crippen molar-refractivity contribution in [1.82, 2.24) is 20.4 Å². The summed E-state index contributed by atoms with van der Waals surface area (Å²) in [4.78, 5) is 23.4. The first-order valence-corrected chi connectivity index (χ1v) is 6.76. The molecular weight excluding hydrogens is 260 g/mol. The fraction of sp³-hybridized carbons (Fsp3) is 0.615. The molecule has 110 valence electrons. The Balaban J connectivity index is 1.97. The van der Waals surface area contributed by atoms with Gasteiger partial charge in [-0.2, -0.15) is 5.10 Å². The van der Waals surface area contributed by atoms with Crippen LogP contribution in [0.15, 0.2) is 6.20 Å². The first-order chi connectivity index (χ1) is 9.65. The van der Waals surface area contributed by atoms with Gasteiger partial charge in [0.25, 0.3) is 5.91 Å². The summed E-state index contributed by atoms with van der Waals surface area (Å²) in [5.74, 6) is -0.127. The molecule has 0 saturated heterocycles. The number of aromatic nitrogens is 2. The van der Waals surface area contributed by atoms with Gasteiger partial charge >= 0.3 is 0 Å². The van der Waals surface area contributed by atoms with E-state index in [9.17, 15) is 9.59 Å². The molecule has 0 unspecified atom stereocenters. The Hall–Kier alpha value is -1.89. The van der Waals surface area contributed by atoms with Crippen LogP contribution in [0.3, 0.4) is 0 Å². The number of ether oxygens (including phenoxy) is 1. The Bertz CT molecular complexity index is 498. The molecule has 0 radical (unpaired) electrons. The standard InChI is InChI=1S/C13H20N4O3/c1-3-12(18)16-9-6-11-10(7-15-17(11)8-9)13(19)14-4-5-20-2/h7,9H,3-6,8H2,1-2H3,(H,14,19)(H,16,18)/t9-/m0/s1. The van der Waals surface area contributed by atoms with E-state index in [1.54, 1.807) is 18.0 Å². The zero-order valence-corrected chi connectivity index (χ0v) is 11.8. The molecule has 2 rings (SSSR count). The smallest absolute Gasteiger partial charge is 0.254 e. The molecule has 1 atom stereocenters. The second kappa shape index (κ2) is 6.51. The minimum absolute atomic E-state index is 0.0202. The Kier molecular flexibility index (Phi) is 4.73. The van der Waals surface area contributed by atoms with Crippen molar-refractivity contribution in [2.75, 3.05) is 20.3 Å². The van der Waals surface area contributed by atoms with Gasteiger partial charge < -0.3 is 15.4 Å². The number of methoxy groups -OCH3 is 1. The lowest BCUT2D eigenvalue weighted by Crippen LogP contribution is -2.35. The highest BCUT2D eigenvalue weighted by atomic mass is 16.5. The van der Waals surface area contributed by atoms with Gasteiger partial charge in [-0.15, -0.1) is 0 Å². The first-order valence-electron chi connectivity index (χ1n) is 6.76. The average molecular weight is 280 g/mol. The molecule has 0 spiro atoms. The average Bonchev–Trinajstić information content (AvgIpc) is 2.98. The van der Waals surface area contributed by atoms with Gasteiger partial charge in [0.15, 0.2) is 0 Å². The van der Waals surface area contributed by atoms with Crippen molar-refractivity contribution in [1.29, 1.82) is 0 Å². The van der Waals surface area contributed by atoms with Crippen LogP contribution < -0.4 is 10.6 Å². The molecule has 7 heteroatoms. The quantitative estimate of drug-likeness (QED) is 0.701. The van der Waals surface area contributed by atoms with Crippen LogP contribution >= 0.6 is 0 Å². The van der Waals surface area contributed by atoms with Gasteiger partial charge in [-0.05, 0) is 0 Å². The van der Waals surface area contributed by atoms with Crippen LogP contribution in [0.5, 0.6) is 0 Å². The van der Waals surface area contributed by atoms with Crippen LogP contribution in [0.4, 0.5) is 0 Å². The summed E-state index contributed by atoms with van der Waals surface area (Å²) >= 11 is 0. The number of nitrogens with one attached hydrogen (secondary N) is 2. The highest BCUT2D eigenvalue weighted by molar-refractivity contribution is 5.95. The lowest BCUT2D eigenvalue weighted by atomic mass is 10.1. The van der Waals surface area contributed by atoms with Crippen LogP contribution in [0.1, 0.15) is 29.4 Å². The van der Waals surface area contributed by atoms with E-state index < -0.39 is 0 Å². The van der Waals surface area contributed by atoms with E-state index in [4.69, 9.17) is 4.74 Å². The van der Waals surface area contributed by atoms with Crippen molar-refractivity contribution in [2.45, 2.75) is 32.4 Å². The van der Waals surface area contributed by atoms with Crippen molar-refractivity contribution in [3.8, 4) is 0 Å². The second-order valence-electron chi connectivity index (χ2n) is 4.76. The molecule has 0 fully saturated rings. The van der Waals surface area contributed by atoms with E-state index in [2.05, 4.69) is 15.7 Å². The van der Waals surface area contributed by atoms with E-state index in [0.717, 1.165) is 5.69 Å². The summed E-state index contributed by atoms with van der Waals surface area (Å²) in [5, 5.41) is 9.91. The summed E-state index contributed by atoms with van der Waals surface area (Å²) in [6.45, 7) is 3.38. The van der Waals surface area contributed by atoms with Gasteiger partial charge in [-0.3, -0.25) is 14.3 Å². The van der Waals surface area contributed by atoms with E-state index in [-0.39, 0.29) is 17.9 Å². The maximum Gasteiger partial charge on any atom is 0.254 e. The number of nitrogens with zero attached hydrogens (tertiary/aromatic N) is 2. The predicted octanol–water partition coefficient (Wildman–Crippen LogP) is -0.290. The van der Waals surface area contributed by atoms with Crippen LogP contribution in [-0.4, -0.2) is 47.9 Å². The highest BCUT2D eigenvalue weighted by Gasteiger charge is 2.28. The Morgan fingerprint density at radius 3 is 3.05 bits per heavy atom. The molecule has 1 aromatic rings. The van der Waals surface area contributed by atoms with Crippen LogP contribution in [0.2, 0.25) is 0 Å². The summed E-state index contributed by atoms with van der Waals surface area (Å²) in [5.41, 5.74) is 1.45. The second-order valence-corrected chi connectivity index (χ2v) is 4.76. The van der Waals surface area contributed by atoms with Crippen LogP contribution in [-0.2, 0) is 22.5 Å². The largest absolute Gasteiger partial charge is 0.383 e. The summed E-state index contributed by atoms with van der Waals surface area (Å²) in [6, 6.07) is 0.0247. The number of carbonyl (C=O) groups excluding carboxylic acids is 2. The third-order valence-electron chi connectivity index (χ3n) is 3.30. The molecular formula is C13H20N4O3. The number of carbonyl (C=O) groups is 2. The highest BCUT2D eigenvalue weighted by Crippen LogP contribution is 2.18. The maximum atomic E-state index is 12.0. The third-order valence-corrected chi connectivity index (χ3v) is 3.30. The fourth-order valence-electron chi connectivity index (χ4n) is 2.27.